The molecule has 0 aromatic carbocycles. The van der Waals surface area contributed by atoms with Crippen LogP contribution in [0.2, 0.25) is 0 Å². The van der Waals surface area contributed by atoms with Crippen LogP contribution in [0, 0.1) is 5.92 Å². The minimum Gasteiger partial charge on any atom is -0.324 e. The van der Waals surface area contributed by atoms with Gasteiger partial charge in [0.05, 0.1) is 11.9 Å². The van der Waals surface area contributed by atoms with Gasteiger partial charge in [-0.3, -0.25) is 5.10 Å². The fourth-order valence-corrected chi connectivity index (χ4v) is 2.76. The van der Waals surface area contributed by atoms with Crippen LogP contribution in [-0.4, -0.2) is 58.8 Å². The number of carbonyl (C=O) groups is 1. The highest BCUT2D eigenvalue weighted by Gasteiger charge is 2.30. The maximum atomic E-state index is 12.2. The summed E-state index contributed by atoms with van der Waals surface area (Å²) in [5, 5.41) is 9.35. The molecule has 6 nitrogen and oxygen atoms in total. The van der Waals surface area contributed by atoms with Crippen LogP contribution in [0.5, 0.6) is 0 Å². The smallest absolute Gasteiger partial charge is 0.321 e. The van der Waals surface area contributed by atoms with Crippen LogP contribution in [0.15, 0.2) is 12.4 Å². The molecular formula is C13H23N5O. The third-order valence-electron chi connectivity index (χ3n) is 3.96. The SMILES string of the molecule is CCN1CC[C@H](N(C)C(=O)Nc2cn[nH]c2)[C@@H](C)C1. The summed E-state index contributed by atoms with van der Waals surface area (Å²) in [6.07, 6.45) is 4.31. The number of aromatic nitrogens is 2. The molecule has 19 heavy (non-hydrogen) atoms. The summed E-state index contributed by atoms with van der Waals surface area (Å²) >= 11 is 0. The molecule has 0 saturated carbocycles. The average molecular weight is 265 g/mol. The number of carbonyl (C=O) groups excluding carboxylic acids is 1. The predicted octanol–water partition coefficient (Wildman–Crippen LogP) is 1.60. The van der Waals surface area contributed by atoms with Gasteiger partial charge >= 0.3 is 6.03 Å². The molecule has 2 N–H and O–H groups in total. The Hall–Kier alpha value is -1.56. The molecule has 1 fully saturated rings. The fourth-order valence-electron chi connectivity index (χ4n) is 2.76. The molecule has 2 heterocycles. The second-order valence-electron chi connectivity index (χ2n) is 5.25. The van der Waals surface area contributed by atoms with Crippen LogP contribution < -0.4 is 5.32 Å². The largest absolute Gasteiger partial charge is 0.324 e. The van der Waals surface area contributed by atoms with Crippen molar-refractivity contribution in [3.05, 3.63) is 12.4 Å². The number of likely N-dealkylation sites (tertiary alicyclic amines) is 1. The highest BCUT2D eigenvalue weighted by Crippen LogP contribution is 2.21. The Morgan fingerprint density at radius 2 is 2.47 bits per heavy atom. The van der Waals surface area contributed by atoms with Gasteiger partial charge in [-0.2, -0.15) is 5.10 Å². The monoisotopic (exact) mass is 265 g/mol. The summed E-state index contributed by atoms with van der Waals surface area (Å²) < 4.78 is 0. The Balaban J connectivity index is 1.92. The summed E-state index contributed by atoms with van der Waals surface area (Å²) in [5.41, 5.74) is 0.704. The maximum Gasteiger partial charge on any atom is 0.321 e. The maximum absolute atomic E-state index is 12.2. The molecule has 0 spiro atoms. The van der Waals surface area contributed by atoms with Crippen LogP contribution in [0.1, 0.15) is 20.3 Å². The zero-order valence-corrected chi connectivity index (χ0v) is 11.9. The van der Waals surface area contributed by atoms with Gasteiger partial charge < -0.3 is 15.1 Å². The first-order chi connectivity index (χ1) is 9.11. The van der Waals surface area contributed by atoms with E-state index in [9.17, 15) is 4.79 Å². The van der Waals surface area contributed by atoms with Crippen LogP contribution >= 0.6 is 0 Å². The van der Waals surface area contributed by atoms with E-state index >= 15 is 0 Å². The van der Waals surface area contributed by atoms with Crippen LogP contribution in [0.4, 0.5) is 10.5 Å². The standard InChI is InChI=1S/C13H23N5O/c1-4-18-6-5-12(10(2)9-18)17(3)13(19)16-11-7-14-15-8-11/h7-8,10,12H,4-6,9H2,1-3H3,(H,14,15)(H,16,19)/t10-,12-/m0/s1. The Kier molecular flexibility index (Phi) is 4.42. The van der Waals surface area contributed by atoms with Gasteiger partial charge in [-0.25, -0.2) is 4.79 Å². The summed E-state index contributed by atoms with van der Waals surface area (Å²) in [6, 6.07) is 0.234. The molecule has 2 amide bonds. The van der Waals surface area contributed by atoms with E-state index in [1.54, 1.807) is 12.4 Å². The number of anilines is 1. The Morgan fingerprint density at radius 1 is 1.68 bits per heavy atom. The van der Waals surface area contributed by atoms with E-state index in [-0.39, 0.29) is 6.03 Å². The number of urea groups is 1. The summed E-state index contributed by atoms with van der Waals surface area (Å²) in [5.74, 6) is 0.494. The van der Waals surface area contributed by atoms with E-state index in [1.165, 1.54) is 0 Å². The zero-order chi connectivity index (χ0) is 13.8. The number of H-pyrrole nitrogens is 1. The molecule has 0 unspecified atom stereocenters. The molecule has 1 aromatic heterocycles. The predicted molar refractivity (Wildman–Crippen MR) is 75.1 cm³/mol. The molecule has 1 aromatic rings. The number of nitrogens with one attached hydrogen (secondary N) is 2. The van der Waals surface area contributed by atoms with Gasteiger partial charge in [-0.15, -0.1) is 0 Å². The van der Waals surface area contributed by atoms with Gasteiger partial charge in [-0.1, -0.05) is 13.8 Å². The second-order valence-corrected chi connectivity index (χ2v) is 5.25. The lowest BCUT2D eigenvalue weighted by Gasteiger charge is -2.40. The number of rotatable bonds is 3. The van der Waals surface area contributed by atoms with E-state index < -0.39 is 0 Å². The minimum absolute atomic E-state index is 0.0665. The van der Waals surface area contributed by atoms with Gasteiger partial charge in [0.25, 0.3) is 0 Å². The van der Waals surface area contributed by atoms with Crippen molar-refractivity contribution < 1.29 is 4.79 Å². The van der Waals surface area contributed by atoms with Crippen molar-refractivity contribution in [1.29, 1.82) is 0 Å². The van der Waals surface area contributed by atoms with Gasteiger partial charge in [-0.05, 0) is 18.9 Å². The molecule has 106 valence electrons. The van der Waals surface area contributed by atoms with Crippen LogP contribution in [0.3, 0.4) is 0 Å². The third-order valence-corrected chi connectivity index (χ3v) is 3.96. The van der Waals surface area contributed by atoms with Gasteiger partial charge in [0.2, 0.25) is 0 Å². The normalized spacial score (nSPS) is 24.2. The quantitative estimate of drug-likeness (QED) is 0.872. The molecule has 0 aliphatic carbocycles. The molecule has 2 rings (SSSR count). The van der Waals surface area contributed by atoms with Gasteiger partial charge in [0.15, 0.2) is 0 Å². The van der Waals surface area contributed by atoms with Gasteiger partial charge in [0.1, 0.15) is 0 Å². The first-order valence-electron chi connectivity index (χ1n) is 6.86. The summed E-state index contributed by atoms with van der Waals surface area (Å²) in [6.45, 7) is 7.61. The lowest BCUT2D eigenvalue weighted by atomic mass is 9.93. The Bertz CT molecular complexity index is 405. The number of piperidine rings is 1. The van der Waals surface area contributed by atoms with Crippen LogP contribution in [0.25, 0.3) is 0 Å². The van der Waals surface area contributed by atoms with E-state index in [2.05, 4.69) is 34.3 Å². The summed E-state index contributed by atoms with van der Waals surface area (Å²) in [7, 11) is 1.87. The van der Waals surface area contributed by atoms with E-state index in [0.717, 1.165) is 26.1 Å². The molecule has 0 bridgehead atoms. The van der Waals surface area contributed by atoms with Crippen molar-refractivity contribution in [2.75, 3.05) is 32.0 Å². The van der Waals surface area contributed by atoms with E-state index in [1.807, 2.05) is 11.9 Å². The average Bonchev–Trinajstić information content (AvgIpc) is 2.90. The molecule has 1 saturated heterocycles. The highest BCUT2D eigenvalue weighted by molar-refractivity contribution is 5.89. The van der Waals surface area contributed by atoms with Crippen molar-refractivity contribution in [3.63, 3.8) is 0 Å². The Morgan fingerprint density at radius 3 is 3.05 bits per heavy atom. The van der Waals surface area contributed by atoms with Crippen molar-refractivity contribution in [2.24, 2.45) is 5.92 Å². The van der Waals surface area contributed by atoms with E-state index in [0.29, 0.717) is 17.6 Å². The molecule has 1 aliphatic rings. The third kappa shape index (κ3) is 3.26. The van der Waals surface area contributed by atoms with E-state index in [4.69, 9.17) is 0 Å². The fraction of sp³-hybridized carbons (Fsp3) is 0.692. The van der Waals surface area contributed by atoms with Crippen molar-refractivity contribution >= 4 is 11.7 Å². The lowest BCUT2D eigenvalue weighted by molar-refractivity contribution is 0.101. The zero-order valence-electron chi connectivity index (χ0n) is 11.9. The van der Waals surface area contributed by atoms with Crippen molar-refractivity contribution in [1.82, 2.24) is 20.0 Å². The Labute approximate surface area is 114 Å². The summed E-state index contributed by atoms with van der Waals surface area (Å²) in [4.78, 5) is 16.4. The molecule has 1 aliphatic heterocycles. The molecule has 2 atom stereocenters. The first kappa shape index (κ1) is 13.9. The number of aromatic amines is 1. The highest BCUT2D eigenvalue weighted by atomic mass is 16.2. The van der Waals surface area contributed by atoms with Crippen molar-refractivity contribution in [2.45, 2.75) is 26.3 Å². The number of hydrogen-bond acceptors (Lipinski definition) is 3. The molecule has 6 heteroatoms. The van der Waals surface area contributed by atoms with Crippen LogP contribution in [-0.2, 0) is 0 Å². The second kappa shape index (κ2) is 6.06. The molecule has 0 radical (unpaired) electrons. The van der Waals surface area contributed by atoms with Gasteiger partial charge in [0, 0.05) is 32.4 Å². The number of nitrogens with zero attached hydrogens (tertiary/aromatic N) is 3. The number of hydrogen-bond donors (Lipinski definition) is 2. The molecular weight excluding hydrogens is 242 g/mol. The lowest BCUT2D eigenvalue weighted by Crippen LogP contribution is -2.51. The first-order valence-corrected chi connectivity index (χ1v) is 6.86. The topological polar surface area (TPSA) is 64.3 Å². The number of amides is 2. The van der Waals surface area contributed by atoms with Crippen molar-refractivity contribution in [3.8, 4) is 0 Å². The minimum atomic E-state index is -0.0665.